The lowest BCUT2D eigenvalue weighted by atomic mass is 9.96. The number of benzene rings is 1. The molecule has 0 bridgehead atoms. The molecule has 5 N–H and O–H groups in total. The van der Waals surface area contributed by atoms with E-state index in [2.05, 4.69) is 16.0 Å². The minimum atomic E-state index is -1.08. The number of nitrogens with two attached hydrogens (primary N) is 1. The van der Waals surface area contributed by atoms with Crippen molar-refractivity contribution in [2.24, 2.45) is 23.5 Å². The van der Waals surface area contributed by atoms with Gasteiger partial charge >= 0.3 is 12.1 Å². The van der Waals surface area contributed by atoms with Crippen LogP contribution in [0.1, 0.15) is 93.6 Å². The van der Waals surface area contributed by atoms with Crippen molar-refractivity contribution in [2.45, 2.75) is 124 Å². The zero-order valence-corrected chi connectivity index (χ0v) is 32.9. The zero-order chi connectivity index (χ0) is 39.9. The molecule has 1 aliphatic heterocycles. The lowest BCUT2D eigenvalue weighted by Crippen LogP contribution is -2.59. The number of esters is 1. The first-order valence-corrected chi connectivity index (χ1v) is 18.5. The normalized spacial score (nSPS) is 16.8. The molecule has 0 radical (unpaired) electrons. The molecule has 1 heterocycles. The Kier molecular flexibility index (Phi) is 18.2. The first kappa shape index (κ1) is 44.9. The zero-order valence-electron chi connectivity index (χ0n) is 32.9. The fourth-order valence-corrected chi connectivity index (χ4v) is 5.82. The largest absolute Gasteiger partial charge is 0.459 e. The molecule has 53 heavy (non-hydrogen) atoms. The van der Waals surface area contributed by atoms with E-state index in [9.17, 15) is 28.8 Å². The van der Waals surface area contributed by atoms with Gasteiger partial charge in [0.1, 0.15) is 49.8 Å². The number of ether oxygens (including phenoxy) is 3. The van der Waals surface area contributed by atoms with E-state index in [4.69, 9.17) is 19.9 Å². The van der Waals surface area contributed by atoms with Crippen molar-refractivity contribution in [2.75, 3.05) is 26.6 Å². The highest BCUT2D eigenvalue weighted by atomic mass is 16.6. The summed E-state index contributed by atoms with van der Waals surface area (Å²) >= 11 is 0. The van der Waals surface area contributed by atoms with Gasteiger partial charge in [-0.1, -0.05) is 71.9 Å². The summed E-state index contributed by atoms with van der Waals surface area (Å²) in [6, 6.07) is 5.21. The molecule has 0 unspecified atom stereocenters. The van der Waals surface area contributed by atoms with Crippen LogP contribution in [-0.4, -0.2) is 102 Å². The third kappa shape index (κ3) is 15.0. The van der Waals surface area contributed by atoms with Crippen molar-refractivity contribution in [3.8, 4) is 0 Å². The summed E-state index contributed by atoms with van der Waals surface area (Å²) in [6.07, 6.45) is 0.968. The van der Waals surface area contributed by atoms with Crippen molar-refractivity contribution in [3.63, 3.8) is 0 Å². The SMILES string of the molecule is CC(C)C[C@H]1C(=O)N([C@H](C(=O)OCc2ccccc2)C(C)C)COCN1C(=O)[C@@H](NC(=O)CNC(=O)[C@@H](CCCCN)NC(=O)OC(C)(C)C)C(C)C. The van der Waals surface area contributed by atoms with Crippen LogP contribution in [0.25, 0.3) is 0 Å². The third-order valence-corrected chi connectivity index (χ3v) is 8.44. The van der Waals surface area contributed by atoms with Gasteiger partial charge in [0.15, 0.2) is 0 Å². The van der Waals surface area contributed by atoms with Crippen molar-refractivity contribution in [1.29, 1.82) is 0 Å². The number of carbonyl (C=O) groups is 6. The summed E-state index contributed by atoms with van der Waals surface area (Å²) in [5.41, 5.74) is 5.63. The molecule has 1 fully saturated rings. The minimum Gasteiger partial charge on any atom is -0.459 e. The Morgan fingerprint density at radius 3 is 2.17 bits per heavy atom. The predicted octanol–water partition coefficient (Wildman–Crippen LogP) is 3.05. The number of hydrogen-bond acceptors (Lipinski definition) is 10. The number of nitrogens with one attached hydrogen (secondary N) is 3. The molecular formula is C38H62N6O9. The summed E-state index contributed by atoms with van der Waals surface area (Å²) in [7, 11) is 0. The quantitative estimate of drug-likeness (QED) is 0.128. The van der Waals surface area contributed by atoms with Crippen LogP contribution in [0.15, 0.2) is 30.3 Å². The van der Waals surface area contributed by atoms with Crippen molar-refractivity contribution < 1.29 is 43.0 Å². The summed E-state index contributed by atoms with van der Waals surface area (Å²) in [5, 5.41) is 7.82. The monoisotopic (exact) mass is 746 g/mol. The summed E-state index contributed by atoms with van der Waals surface area (Å²) in [6.45, 7) is 15.6. The van der Waals surface area contributed by atoms with Crippen LogP contribution in [0.2, 0.25) is 0 Å². The summed E-state index contributed by atoms with van der Waals surface area (Å²) in [4.78, 5) is 83.3. The molecular weight excluding hydrogens is 684 g/mol. The van der Waals surface area contributed by atoms with E-state index in [0.29, 0.717) is 19.4 Å². The predicted molar refractivity (Wildman–Crippen MR) is 198 cm³/mol. The molecule has 0 spiro atoms. The van der Waals surface area contributed by atoms with Crippen LogP contribution in [-0.2, 0) is 44.8 Å². The van der Waals surface area contributed by atoms with Gasteiger partial charge in [-0.3, -0.25) is 19.2 Å². The van der Waals surface area contributed by atoms with Crippen molar-refractivity contribution in [3.05, 3.63) is 35.9 Å². The topological polar surface area (TPSA) is 199 Å². The second-order valence-electron chi connectivity index (χ2n) is 15.5. The Morgan fingerprint density at radius 1 is 0.943 bits per heavy atom. The van der Waals surface area contributed by atoms with Crippen LogP contribution < -0.4 is 21.7 Å². The maximum Gasteiger partial charge on any atom is 0.408 e. The smallest absolute Gasteiger partial charge is 0.408 e. The molecule has 0 saturated carbocycles. The molecule has 0 aliphatic carbocycles. The number of rotatable bonds is 18. The molecule has 15 nitrogen and oxygen atoms in total. The lowest BCUT2D eigenvalue weighted by molar-refractivity contribution is -0.162. The van der Waals surface area contributed by atoms with Gasteiger partial charge in [-0.05, 0) is 76.3 Å². The van der Waals surface area contributed by atoms with Crippen molar-refractivity contribution in [1.82, 2.24) is 25.8 Å². The average molecular weight is 747 g/mol. The van der Waals surface area contributed by atoms with E-state index in [1.54, 1.807) is 34.6 Å². The number of carbonyl (C=O) groups excluding carboxylic acids is 6. The Morgan fingerprint density at radius 2 is 1.60 bits per heavy atom. The number of nitrogens with zero attached hydrogens (tertiary/aromatic N) is 2. The molecule has 5 amide bonds. The number of unbranched alkanes of at least 4 members (excludes halogenated alkanes) is 1. The van der Waals surface area contributed by atoms with Gasteiger partial charge in [0, 0.05) is 0 Å². The fraction of sp³-hybridized carbons (Fsp3) is 0.684. The van der Waals surface area contributed by atoms with Crippen LogP contribution in [0.3, 0.4) is 0 Å². The molecule has 298 valence electrons. The van der Waals surface area contributed by atoms with E-state index in [1.165, 1.54) is 9.80 Å². The third-order valence-electron chi connectivity index (χ3n) is 8.44. The minimum absolute atomic E-state index is 0.0175. The second-order valence-corrected chi connectivity index (χ2v) is 15.5. The van der Waals surface area contributed by atoms with E-state index in [1.807, 2.05) is 58.0 Å². The highest BCUT2D eigenvalue weighted by Gasteiger charge is 2.44. The van der Waals surface area contributed by atoms with E-state index in [0.717, 1.165) is 5.56 Å². The Hall–Kier alpha value is -4.24. The number of hydrogen-bond donors (Lipinski definition) is 4. The van der Waals surface area contributed by atoms with E-state index in [-0.39, 0.29) is 44.7 Å². The summed E-state index contributed by atoms with van der Waals surface area (Å²) in [5.74, 6) is -3.58. The van der Waals surface area contributed by atoms with Gasteiger partial charge < -0.3 is 45.7 Å². The number of amides is 5. The van der Waals surface area contributed by atoms with Gasteiger partial charge in [-0.15, -0.1) is 0 Å². The summed E-state index contributed by atoms with van der Waals surface area (Å²) < 4.78 is 16.8. The first-order valence-electron chi connectivity index (χ1n) is 18.5. The van der Waals surface area contributed by atoms with Gasteiger partial charge in [0.05, 0.1) is 6.54 Å². The Bertz CT molecular complexity index is 1370. The van der Waals surface area contributed by atoms with Crippen LogP contribution >= 0.6 is 0 Å². The van der Waals surface area contributed by atoms with Gasteiger partial charge in [0.25, 0.3) is 0 Å². The van der Waals surface area contributed by atoms with Crippen LogP contribution in [0.4, 0.5) is 4.79 Å². The lowest BCUT2D eigenvalue weighted by Gasteiger charge is -2.36. The molecule has 15 heteroatoms. The highest BCUT2D eigenvalue weighted by Crippen LogP contribution is 2.24. The van der Waals surface area contributed by atoms with Crippen LogP contribution in [0.5, 0.6) is 0 Å². The van der Waals surface area contributed by atoms with E-state index >= 15 is 0 Å². The molecule has 1 aromatic carbocycles. The average Bonchev–Trinajstić information content (AvgIpc) is 3.22. The first-order chi connectivity index (χ1) is 24.9. The Balaban J connectivity index is 2.21. The maximum absolute atomic E-state index is 14.3. The van der Waals surface area contributed by atoms with Gasteiger partial charge in [-0.25, -0.2) is 9.59 Å². The highest BCUT2D eigenvalue weighted by molar-refractivity contribution is 5.95. The molecule has 2 rings (SSSR count). The van der Waals surface area contributed by atoms with Crippen molar-refractivity contribution >= 4 is 35.7 Å². The Labute approximate surface area is 314 Å². The molecule has 0 aromatic heterocycles. The second kappa shape index (κ2) is 21.5. The van der Waals surface area contributed by atoms with Crippen LogP contribution in [0, 0.1) is 17.8 Å². The molecule has 1 saturated heterocycles. The van der Waals surface area contributed by atoms with E-state index < -0.39 is 77.9 Å². The van der Waals surface area contributed by atoms with Gasteiger partial charge in [-0.2, -0.15) is 0 Å². The maximum atomic E-state index is 14.3. The number of alkyl carbamates (subject to hydrolysis) is 1. The molecule has 1 aliphatic rings. The molecule has 4 atom stereocenters. The molecule has 1 aromatic rings. The van der Waals surface area contributed by atoms with Gasteiger partial charge in [0.2, 0.25) is 23.6 Å². The fourth-order valence-electron chi connectivity index (χ4n) is 5.82. The standard InChI is InChI=1S/C38H62N6O9/c1-24(2)19-29-34(47)44(32(26(5)6)36(49)52-21-27-15-11-10-12-16-27)23-51-22-43(29)35(48)31(25(3)4)42-30(45)20-40-33(46)28(17-13-14-18-39)41-37(50)53-38(7,8)9/h10-12,15-16,24-26,28-29,31-32H,13-14,17-23,39H2,1-9H3,(H,40,46)(H,41,50)(H,42,45)/t28-,29+,31+,32+/m1/s1.